The normalized spacial score (nSPS) is 17.5. The van der Waals surface area contributed by atoms with Gasteiger partial charge < -0.3 is 25.8 Å². The van der Waals surface area contributed by atoms with Crippen LogP contribution in [-0.2, 0) is 7.05 Å². The van der Waals surface area contributed by atoms with Crippen molar-refractivity contribution in [2.45, 2.75) is 12.5 Å². The Hall–Kier alpha value is -3.27. The number of nitrogens with zero attached hydrogens (tertiary/aromatic N) is 3. The van der Waals surface area contributed by atoms with Crippen molar-refractivity contribution in [2.75, 3.05) is 26.6 Å². The number of halogens is 2. The summed E-state index contributed by atoms with van der Waals surface area (Å²) in [5.74, 6) is 0.969. The molecule has 2 heterocycles. The van der Waals surface area contributed by atoms with E-state index < -0.39 is 5.54 Å². The van der Waals surface area contributed by atoms with Gasteiger partial charge in [0.25, 0.3) is 5.56 Å². The number of fused-ring (bicyclic) bond motifs is 1. The van der Waals surface area contributed by atoms with E-state index in [-0.39, 0.29) is 21.2 Å². The smallest absolute Gasteiger partial charge is 0.259 e. The molecule has 1 atom stereocenters. The molecule has 11 heteroatoms. The molecule has 0 bridgehead atoms. The molecule has 0 saturated heterocycles. The Morgan fingerprint density at radius 3 is 2.38 bits per heavy atom. The number of allylic oxidation sites excluding steroid dienone is 1. The molecule has 0 saturated carbocycles. The van der Waals surface area contributed by atoms with Gasteiger partial charge in [0.05, 0.1) is 46.8 Å². The largest absolute Gasteiger partial charge is 0.495 e. The SMILES string of the molecule is CNC1(C)C=CC(N)=C1Nc1ncc2cc(-c3c(Cl)c(OC)cc(OC)c3Cl)c(=O)n(C)c2n1. The minimum absolute atomic E-state index is 0.200. The second-order valence-corrected chi connectivity index (χ2v) is 8.68. The monoisotopic (exact) mass is 502 g/mol. The van der Waals surface area contributed by atoms with Crippen molar-refractivity contribution in [3.8, 4) is 22.6 Å². The summed E-state index contributed by atoms with van der Waals surface area (Å²) in [4.78, 5) is 22.4. The molecule has 1 aromatic carbocycles. The summed E-state index contributed by atoms with van der Waals surface area (Å²) in [5.41, 5.74) is 7.59. The van der Waals surface area contributed by atoms with Gasteiger partial charge in [-0.25, -0.2) is 4.98 Å². The van der Waals surface area contributed by atoms with Gasteiger partial charge in [-0.05, 0) is 26.1 Å². The van der Waals surface area contributed by atoms with Gasteiger partial charge >= 0.3 is 0 Å². The molecule has 0 spiro atoms. The fourth-order valence-corrected chi connectivity index (χ4v) is 4.56. The van der Waals surface area contributed by atoms with Gasteiger partial charge in [-0.1, -0.05) is 29.3 Å². The lowest BCUT2D eigenvalue weighted by molar-refractivity contribution is 0.395. The number of aromatic nitrogens is 3. The predicted octanol–water partition coefficient (Wildman–Crippen LogP) is 3.45. The quantitative estimate of drug-likeness (QED) is 0.469. The van der Waals surface area contributed by atoms with Crippen LogP contribution < -0.4 is 31.4 Å². The molecular weight excluding hydrogens is 479 g/mol. The summed E-state index contributed by atoms with van der Waals surface area (Å²) >= 11 is 13.1. The number of nitrogens with two attached hydrogens (primary N) is 1. The minimum atomic E-state index is -0.489. The third kappa shape index (κ3) is 3.75. The molecule has 0 radical (unpaired) electrons. The zero-order valence-electron chi connectivity index (χ0n) is 19.3. The number of anilines is 1. The first-order valence-electron chi connectivity index (χ1n) is 10.3. The van der Waals surface area contributed by atoms with Crippen molar-refractivity contribution in [3.63, 3.8) is 0 Å². The molecular formula is C23H24Cl2N6O3. The number of hydrogen-bond donors (Lipinski definition) is 3. The summed E-state index contributed by atoms with van der Waals surface area (Å²) in [5, 5.41) is 7.40. The van der Waals surface area contributed by atoms with Gasteiger partial charge in [0.15, 0.2) is 0 Å². The lowest BCUT2D eigenvalue weighted by Gasteiger charge is -2.26. The number of aryl methyl sites for hydroxylation is 1. The van der Waals surface area contributed by atoms with Gasteiger partial charge in [-0.3, -0.25) is 9.36 Å². The lowest BCUT2D eigenvalue weighted by atomic mass is 10.0. The van der Waals surface area contributed by atoms with Crippen LogP contribution in [-0.4, -0.2) is 41.3 Å². The third-order valence-corrected chi connectivity index (χ3v) is 6.70. The maximum atomic E-state index is 13.4. The molecule has 0 fully saturated rings. The molecule has 2 aromatic heterocycles. The zero-order valence-corrected chi connectivity index (χ0v) is 20.8. The first-order chi connectivity index (χ1) is 16.1. The van der Waals surface area contributed by atoms with Crippen LogP contribution in [0.2, 0.25) is 10.0 Å². The topological polar surface area (TPSA) is 116 Å². The zero-order chi connectivity index (χ0) is 24.8. The van der Waals surface area contributed by atoms with E-state index in [1.807, 2.05) is 26.1 Å². The van der Waals surface area contributed by atoms with E-state index in [1.165, 1.54) is 18.8 Å². The van der Waals surface area contributed by atoms with E-state index >= 15 is 0 Å². The molecule has 1 aliphatic rings. The molecule has 4 rings (SSSR count). The van der Waals surface area contributed by atoms with Crippen LogP contribution in [0.25, 0.3) is 22.2 Å². The fraction of sp³-hybridized carbons (Fsp3) is 0.261. The Morgan fingerprint density at radius 1 is 1.15 bits per heavy atom. The van der Waals surface area contributed by atoms with E-state index in [1.54, 1.807) is 25.4 Å². The summed E-state index contributed by atoms with van der Waals surface area (Å²) in [6.07, 6.45) is 5.38. The summed E-state index contributed by atoms with van der Waals surface area (Å²) in [6, 6.07) is 3.22. The van der Waals surface area contributed by atoms with Crippen LogP contribution in [0.3, 0.4) is 0 Å². The number of likely N-dealkylation sites (N-methyl/N-ethyl adjacent to an activating group) is 1. The fourth-order valence-electron chi connectivity index (χ4n) is 3.85. The van der Waals surface area contributed by atoms with Crippen LogP contribution in [0.1, 0.15) is 6.92 Å². The second-order valence-electron chi connectivity index (χ2n) is 7.92. The van der Waals surface area contributed by atoms with Gasteiger partial charge in [-0.15, -0.1) is 0 Å². The number of methoxy groups -OCH3 is 2. The first kappa shape index (κ1) is 23.9. The highest BCUT2D eigenvalue weighted by Crippen LogP contribution is 2.45. The molecule has 4 N–H and O–H groups in total. The summed E-state index contributed by atoms with van der Waals surface area (Å²) in [6.45, 7) is 1.98. The maximum absolute atomic E-state index is 13.4. The summed E-state index contributed by atoms with van der Waals surface area (Å²) < 4.78 is 12.1. The van der Waals surface area contributed by atoms with E-state index in [4.69, 9.17) is 38.4 Å². The van der Waals surface area contributed by atoms with Crippen molar-refractivity contribution in [2.24, 2.45) is 12.8 Å². The molecule has 3 aromatic rings. The molecule has 1 aliphatic carbocycles. The van der Waals surface area contributed by atoms with Crippen LogP contribution >= 0.6 is 23.2 Å². The van der Waals surface area contributed by atoms with Gasteiger partial charge in [-0.2, -0.15) is 4.98 Å². The van der Waals surface area contributed by atoms with Gasteiger partial charge in [0, 0.05) is 30.3 Å². The number of nitrogens with one attached hydrogen (secondary N) is 2. The Balaban J connectivity index is 1.86. The van der Waals surface area contributed by atoms with E-state index in [0.29, 0.717) is 39.7 Å². The Kier molecular flexibility index (Phi) is 6.20. The van der Waals surface area contributed by atoms with Crippen LogP contribution in [0.4, 0.5) is 5.95 Å². The standard InChI is InChI=1S/C23H24Cl2N6O3/c1-23(27-2)7-6-13(26)19(23)29-22-28-10-11-8-12(21(32)31(3)20(11)30-22)16-17(24)14(33-4)9-15(34-5)18(16)25/h6-10,27H,26H2,1-5H3,(H,28,29,30). The van der Waals surface area contributed by atoms with Crippen molar-refractivity contribution in [3.05, 3.63) is 62.3 Å². The highest BCUT2D eigenvalue weighted by molar-refractivity contribution is 6.41. The molecule has 34 heavy (non-hydrogen) atoms. The number of hydrogen-bond acceptors (Lipinski definition) is 8. The number of benzene rings is 1. The van der Waals surface area contributed by atoms with Crippen molar-refractivity contribution in [1.82, 2.24) is 19.9 Å². The van der Waals surface area contributed by atoms with Crippen LogP contribution in [0, 0.1) is 0 Å². The minimum Gasteiger partial charge on any atom is -0.495 e. The highest BCUT2D eigenvalue weighted by atomic mass is 35.5. The molecule has 178 valence electrons. The average molecular weight is 503 g/mol. The predicted molar refractivity (Wildman–Crippen MR) is 135 cm³/mol. The number of pyridine rings is 1. The third-order valence-electron chi connectivity index (χ3n) is 5.95. The van der Waals surface area contributed by atoms with Crippen molar-refractivity contribution in [1.29, 1.82) is 0 Å². The Morgan fingerprint density at radius 2 is 1.79 bits per heavy atom. The Bertz CT molecular complexity index is 1400. The van der Waals surface area contributed by atoms with Crippen molar-refractivity contribution < 1.29 is 9.47 Å². The van der Waals surface area contributed by atoms with Crippen LogP contribution in [0.5, 0.6) is 11.5 Å². The van der Waals surface area contributed by atoms with E-state index in [9.17, 15) is 4.79 Å². The van der Waals surface area contributed by atoms with Crippen molar-refractivity contribution >= 4 is 40.2 Å². The molecule has 9 nitrogen and oxygen atoms in total. The highest BCUT2D eigenvalue weighted by Gasteiger charge is 2.31. The van der Waals surface area contributed by atoms with Gasteiger partial charge in [0.1, 0.15) is 17.1 Å². The number of rotatable bonds is 6. The number of ether oxygens (including phenoxy) is 2. The average Bonchev–Trinajstić information content (AvgIpc) is 3.11. The maximum Gasteiger partial charge on any atom is 0.259 e. The van der Waals surface area contributed by atoms with Gasteiger partial charge in [0.2, 0.25) is 5.95 Å². The first-order valence-corrected chi connectivity index (χ1v) is 11.0. The van der Waals surface area contributed by atoms with Crippen LogP contribution in [0.15, 0.2) is 46.7 Å². The summed E-state index contributed by atoms with van der Waals surface area (Å²) in [7, 11) is 6.40. The second kappa shape index (κ2) is 8.83. The molecule has 1 unspecified atom stereocenters. The molecule has 0 amide bonds. The lowest BCUT2D eigenvalue weighted by Crippen LogP contribution is -2.41. The van der Waals surface area contributed by atoms with E-state index in [0.717, 1.165) is 5.70 Å². The molecule has 0 aliphatic heterocycles. The van der Waals surface area contributed by atoms with E-state index in [2.05, 4.69) is 20.6 Å². The Labute approximate surface area is 206 Å².